The maximum Gasteiger partial charge on any atom is 0.293 e. The Morgan fingerprint density at radius 2 is 1.69 bits per heavy atom. The van der Waals surface area contributed by atoms with Crippen molar-refractivity contribution in [2.45, 2.75) is 20.0 Å². The topological polar surface area (TPSA) is 108 Å². The largest absolute Gasteiger partial charge is 0.454 e. The third kappa shape index (κ3) is 4.60. The van der Waals surface area contributed by atoms with Gasteiger partial charge in [-0.2, -0.15) is 0 Å². The zero-order valence-corrected chi connectivity index (χ0v) is 23.7. The van der Waals surface area contributed by atoms with Gasteiger partial charge < -0.3 is 28.8 Å². The quantitative estimate of drug-likeness (QED) is 0.270. The molecule has 7 rings (SSSR count). The molecule has 4 heterocycles. The number of anilines is 1. The zero-order valence-electron chi connectivity index (χ0n) is 22.1. The van der Waals surface area contributed by atoms with Crippen molar-refractivity contribution in [2.75, 3.05) is 18.9 Å². The second kappa shape index (κ2) is 10.3. The van der Waals surface area contributed by atoms with E-state index in [9.17, 15) is 14.4 Å². The average molecular weight is 604 g/mol. The van der Waals surface area contributed by atoms with Gasteiger partial charge in [0.25, 0.3) is 11.1 Å². The van der Waals surface area contributed by atoms with E-state index in [1.807, 2.05) is 35.8 Å². The monoisotopic (exact) mass is 603 g/mol. The Labute approximate surface area is 248 Å². The van der Waals surface area contributed by atoms with Crippen LogP contribution in [-0.2, 0) is 22.7 Å². The van der Waals surface area contributed by atoms with Crippen LogP contribution >= 0.6 is 23.4 Å². The fourth-order valence-corrected chi connectivity index (χ4v) is 6.21. The number of hydrogen-bond acceptors (Lipinski definition) is 8. The molecular formula is C30H22ClN3O7S. The van der Waals surface area contributed by atoms with Crippen molar-refractivity contribution in [1.82, 2.24) is 9.47 Å². The number of nitrogens with one attached hydrogen (secondary N) is 1. The van der Waals surface area contributed by atoms with Crippen molar-refractivity contribution in [1.29, 1.82) is 0 Å². The maximum atomic E-state index is 13.4. The van der Waals surface area contributed by atoms with Gasteiger partial charge in [0, 0.05) is 45.0 Å². The van der Waals surface area contributed by atoms with Crippen LogP contribution in [0.5, 0.6) is 23.0 Å². The van der Waals surface area contributed by atoms with E-state index in [0.29, 0.717) is 39.3 Å². The zero-order chi connectivity index (χ0) is 29.0. The third-order valence-electron chi connectivity index (χ3n) is 7.26. The lowest BCUT2D eigenvalue weighted by atomic mass is 10.1. The normalized spacial score (nSPS) is 16.2. The number of fused-ring (bicyclic) bond motifs is 3. The lowest BCUT2D eigenvalue weighted by molar-refractivity contribution is -0.123. The number of imide groups is 1. The Kier molecular flexibility index (Phi) is 6.47. The van der Waals surface area contributed by atoms with Crippen molar-refractivity contribution in [2.24, 2.45) is 0 Å². The lowest BCUT2D eigenvalue weighted by Crippen LogP contribution is -2.27. The summed E-state index contributed by atoms with van der Waals surface area (Å²) >= 11 is 7.27. The summed E-state index contributed by atoms with van der Waals surface area (Å²) in [6.45, 7) is 2.16. The SMILES string of the molecule is Cc1c(/C=C2\SC(=O)N(Cc3cc4c(cc3Cl)OCO4)C2=O)c2ccccc2n1CC(=O)Nc1ccc2c(c1)OCO2. The molecule has 1 saturated heterocycles. The fourth-order valence-electron chi connectivity index (χ4n) is 5.18. The minimum absolute atomic E-state index is 0.00173. The maximum absolute atomic E-state index is 13.4. The first kappa shape index (κ1) is 26.3. The number of halogens is 1. The molecule has 0 unspecified atom stereocenters. The van der Waals surface area contributed by atoms with Gasteiger partial charge in [-0.1, -0.05) is 29.8 Å². The van der Waals surface area contributed by atoms with Gasteiger partial charge in [-0.05, 0) is 54.6 Å². The second-order valence-electron chi connectivity index (χ2n) is 9.78. The highest BCUT2D eigenvalue weighted by Crippen LogP contribution is 2.40. The van der Waals surface area contributed by atoms with Gasteiger partial charge in [0.15, 0.2) is 23.0 Å². The molecule has 1 fully saturated rings. The van der Waals surface area contributed by atoms with E-state index >= 15 is 0 Å². The van der Waals surface area contributed by atoms with Gasteiger partial charge in [-0.15, -0.1) is 0 Å². The number of benzene rings is 3. The van der Waals surface area contributed by atoms with Crippen LogP contribution in [-0.4, -0.2) is 40.1 Å². The molecule has 1 N–H and O–H groups in total. The number of carbonyl (C=O) groups excluding carboxylic acids is 3. The summed E-state index contributed by atoms with van der Waals surface area (Å²) in [6, 6.07) is 16.2. The van der Waals surface area contributed by atoms with Crippen LogP contribution in [0.4, 0.5) is 10.5 Å². The van der Waals surface area contributed by atoms with Crippen LogP contribution in [0.3, 0.4) is 0 Å². The molecule has 0 atom stereocenters. The van der Waals surface area contributed by atoms with E-state index < -0.39 is 11.1 Å². The van der Waals surface area contributed by atoms with Gasteiger partial charge in [-0.3, -0.25) is 19.3 Å². The van der Waals surface area contributed by atoms with Crippen LogP contribution in [0, 0.1) is 6.92 Å². The molecule has 1 aromatic heterocycles. The molecular weight excluding hydrogens is 582 g/mol. The highest BCUT2D eigenvalue weighted by atomic mass is 35.5. The molecule has 0 spiro atoms. The first-order valence-electron chi connectivity index (χ1n) is 13.0. The number of nitrogens with zero attached hydrogens (tertiary/aromatic N) is 2. The molecule has 3 aliphatic heterocycles. The number of aromatic nitrogens is 1. The third-order valence-corrected chi connectivity index (χ3v) is 8.52. The molecule has 212 valence electrons. The average Bonchev–Trinajstić information content (AvgIpc) is 3.74. The Balaban J connectivity index is 1.15. The molecule has 0 saturated carbocycles. The molecule has 3 aliphatic rings. The summed E-state index contributed by atoms with van der Waals surface area (Å²) in [4.78, 5) is 40.9. The van der Waals surface area contributed by atoms with E-state index in [0.717, 1.165) is 38.8 Å². The summed E-state index contributed by atoms with van der Waals surface area (Å²) in [5.74, 6) is 1.60. The van der Waals surface area contributed by atoms with Crippen molar-refractivity contribution < 1.29 is 33.3 Å². The molecule has 3 aromatic carbocycles. The highest BCUT2D eigenvalue weighted by molar-refractivity contribution is 8.18. The van der Waals surface area contributed by atoms with Gasteiger partial charge in [-0.25, -0.2) is 0 Å². The summed E-state index contributed by atoms with van der Waals surface area (Å²) in [5.41, 5.74) is 3.53. The van der Waals surface area contributed by atoms with Crippen molar-refractivity contribution in [3.8, 4) is 23.0 Å². The van der Waals surface area contributed by atoms with Crippen molar-refractivity contribution in [3.63, 3.8) is 0 Å². The van der Waals surface area contributed by atoms with E-state index in [1.54, 1.807) is 36.4 Å². The van der Waals surface area contributed by atoms with E-state index in [2.05, 4.69) is 5.32 Å². The Morgan fingerprint density at radius 1 is 0.976 bits per heavy atom. The first-order valence-corrected chi connectivity index (χ1v) is 14.2. The molecule has 3 amide bonds. The number of carbonyl (C=O) groups is 3. The summed E-state index contributed by atoms with van der Waals surface area (Å²) in [5, 5.41) is 3.74. The highest BCUT2D eigenvalue weighted by Gasteiger charge is 2.36. The van der Waals surface area contributed by atoms with Crippen LogP contribution < -0.4 is 24.3 Å². The molecule has 0 bridgehead atoms. The van der Waals surface area contributed by atoms with Gasteiger partial charge in [0.2, 0.25) is 19.5 Å². The molecule has 0 radical (unpaired) electrons. The van der Waals surface area contributed by atoms with Crippen LogP contribution in [0.2, 0.25) is 5.02 Å². The van der Waals surface area contributed by atoms with E-state index in [4.69, 9.17) is 30.5 Å². The predicted octanol–water partition coefficient (Wildman–Crippen LogP) is 5.94. The fraction of sp³-hybridized carbons (Fsp3) is 0.167. The van der Waals surface area contributed by atoms with E-state index in [1.165, 1.54) is 0 Å². The van der Waals surface area contributed by atoms with Crippen LogP contribution in [0.25, 0.3) is 17.0 Å². The van der Waals surface area contributed by atoms with Gasteiger partial charge >= 0.3 is 0 Å². The summed E-state index contributed by atoms with van der Waals surface area (Å²) in [6.07, 6.45) is 1.72. The minimum Gasteiger partial charge on any atom is -0.454 e. The lowest BCUT2D eigenvalue weighted by Gasteiger charge is -2.14. The van der Waals surface area contributed by atoms with Crippen molar-refractivity contribution in [3.05, 3.63) is 81.3 Å². The standard InChI is InChI=1S/C30H22ClN3O7S/c1-16-20(10-27-29(36)34(30(37)42-27)12-17-8-24-26(11-21(17)31)41-15-39-24)19-4-2-3-5-22(19)33(16)13-28(35)32-18-6-7-23-25(9-18)40-14-38-23/h2-11H,12-15H2,1H3,(H,32,35)/b27-10-. The number of para-hydroxylation sites is 1. The predicted molar refractivity (Wildman–Crippen MR) is 157 cm³/mol. The summed E-state index contributed by atoms with van der Waals surface area (Å²) < 4.78 is 23.4. The first-order chi connectivity index (χ1) is 20.4. The summed E-state index contributed by atoms with van der Waals surface area (Å²) in [7, 11) is 0. The van der Waals surface area contributed by atoms with Gasteiger partial charge in [0.05, 0.1) is 11.4 Å². The molecule has 10 nitrogen and oxygen atoms in total. The molecule has 0 aliphatic carbocycles. The molecule has 42 heavy (non-hydrogen) atoms. The number of amides is 3. The number of ether oxygens (including phenoxy) is 4. The smallest absolute Gasteiger partial charge is 0.293 e. The van der Waals surface area contributed by atoms with Gasteiger partial charge in [0.1, 0.15) is 6.54 Å². The van der Waals surface area contributed by atoms with Crippen LogP contribution in [0.1, 0.15) is 16.8 Å². The Hall–Kier alpha value is -4.61. The number of rotatable bonds is 6. The van der Waals surface area contributed by atoms with Crippen molar-refractivity contribution >= 4 is 63.1 Å². The minimum atomic E-state index is -0.421. The Bertz CT molecular complexity index is 1850. The molecule has 12 heteroatoms. The number of hydrogen-bond donors (Lipinski definition) is 1. The molecule has 4 aromatic rings. The number of thioether (sulfide) groups is 1. The Morgan fingerprint density at radius 3 is 2.50 bits per heavy atom. The second-order valence-corrected chi connectivity index (χ2v) is 11.2. The van der Waals surface area contributed by atoms with E-state index in [-0.39, 0.29) is 37.5 Å². The van der Waals surface area contributed by atoms with Crippen LogP contribution in [0.15, 0.2) is 59.5 Å².